The number of nitrogens with one attached hydrogen (secondary N) is 1. The van der Waals surface area contributed by atoms with Gasteiger partial charge >= 0.3 is 0 Å². The highest BCUT2D eigenvalue weighted by Gasteiger charge is 2.34. The first-order valence-corrected chi connectivity index (χ1v) is 5.92. The summed E-state index contributed by atoms with van der Waals surface area (Å²) in [5, 5.41) is 0.413. The predicted octanol–water partition coefficient (Wildman–Crippen LogP) is 3.03. The lowest BCUT2D eigenvalue weighted by Gasteiger charge is -2.24. The van der Waals surface area contributed by atoms with Crippen LogP contribution in [0.3, 0.4) is 0 Å². The number of hydrogen-bond acceptors (Lipinski definition) is 2. The van der Waals surface area contributed by atoms with Gasteiger partial charge in [0.2, 0.25) is 0 Å². The fraction of sp³-hybridized carbons (Fsp3) is 0.500. The average molecular weight is 243 g/mol. The highest BCUT2D eigenvalue weighted by molar-refractivity contribution is 6.30. The topological polar surface area (TPSA) is 38.0 Å². The third-order valence-corrected chi connectivity index (χ3v) is 3.60. The molecule has 2 unspecified atom stereocenters. The van der Waals surface area contributed by atoms with E-state index in [-0.39, 0.29) is 11.9 Å². The van der Waals surface area contributed by atoms with Gasteiger partial charge < -0.3 is 0 Å². The van der Waals surface area contributed by atoms with E-state index >= 15 is 0 Å². The molecule has 1 aliphatic carbocycles. The Morgan fingerprint density at radius 3 is 2.69 bits per heavy atom. The zero-order valence-electron chi connectivity index (χ0n) is 9.21. The molecular formula is C12H16ClFN2. The molecule has 1 aromatic carbocycles. The Balaban J connectivity index is 2.24. The van der Waals surface area contributed by atoms with Gasteiger partial charge in [-0.15, -0.1) is 0 Å². The average Bonchev–Trinajstić information content (AvgIpc) is 3.05. The zero-order valence-corrected chi connectivity index (χ0v) is 9.97. The Hall–Kier alpha value is -0.640. The summed E-state index contributed by atoms with van der Waals surface area (Å²) in [5.74, 6) is 6.25. The minimum Gasteiger partial charge on any atom is -0.271 e. The Bertz CT molecular complexity index is 379. The van der Waals surface area contributed by atoms with E-state index < -0.39 is 0 Å². The quantitative estimate of drug-likeness (QED) is 0.629. The standard InChI is InChI=1S/C12H16ClFN2/c1-7(8-2-3-8)12(16-15)10-5-4-9(13)6-11(10)14/h4-8,12,16H,2-3,15H2,1H3. The van der Waals surface area contributed by atoms with Crippen LogP contribution in [0.15, 0.2) is 18.2 Å². The minimum absolute atomic E-state index is 0.134. The van der Waals surface area contributed by atoms with Crippen LogP contribution in [0.1, 0.15) is 31.4 Å². The number of halogens is 2. The van der Waals surface area contributed by atoms with E-state index in [0.29, 0.717) is 22.4 Å². The number of hydrogen-bond donors (Lipinski definition) is 2. The van der Waals surface area contributed by atoms with Crippen LogP contribution in [-0.4, -0.2) is 0 Å². The first-order valence-electron chi connectivity index (χ1n) is 5.54. The van der Waals surface area contributed by atoms with Gasteiger partial charge in [0.05, 0.1) is 6.04 Å². The van der Waals surface area contributed by atoms with Crippen LogP contribution in [0.4, 0.5) is 4.39 Å². The lowest BCUT2D eigenvalue weighted by Crippen LogP contribution is -2.34. The maximum absolute atomic E-state index is 13.8. The molecule has 0 amide bonds. The molecule has 0 saturated heterocycles. The summed E-state index contributed by atoms with van der Waals surface area (Å²) < 4.78 is 13.8. The summed E-state index contributed by atoms with van der Waals surface area (Å²) in [5.41, 5.74) is 3.32. The molecular weight excluding hydrogens is 227 g/mol. The van der Waals surface area contributed by atoms with Crippen molar-refractivity contribution in [2.24, 2.45) is 17.7 Å². The third-order valence-electron chi connectivity index (χ3n) is 3.37. The fourth-order valence-corrected chi connectivity index (χ4v) is 2.33. The number of hydrazine groups is 1. The predicted molar refractivity (Wildman–Crippen MR) is 63.4 cm³/mol. The second kappa shape index (κ2) is 4.70. The van der Waals surface area contributed by atoms with Crippen LogP contribution < -0.4 is 11.3 Å². The van der Waals surface area contributed by atoms with Crippen molar-refractivity contribution >= 4 is 11.6 Å². The van der Waals surface area contributed by atoms with Crippen LogP contribution in [0, 0.1) is 17.7 Å². The van der Waals surface area contributed by atoms with Crippen LogP contribution in [-0.2, 0) is 0 Å². The summed E-state index contributed by atoms with van der Waals surface area (Å²) in [4.78, 5) is 0. The van der Waals surface area contributed by atoms with Crippen molar-refractivity contribution in [3.63, 3.8) is 0 Å². The highest BCUT2D eigenvalue weighted by Crippen LogP contribution is 2.42. The Labute approximate surface area is 99.9 Å². The summed E-state index contributed by atoms with van der Waals surface area (Å²) >= 11 is 5.73. The lowest BCUT2D eigenvalue weighted by molar-refractivity contribution is 0.344. The maximum atomic E-state index is 13.8. The molecule has 2 nitrogen and oxygen atoms in total. The Morgan fingerprint density at radius 2 is 2.19 bits per heavy atom. The number of rotatable bonds is 4. The van der Waals surface area contributed by atoms with Gasteiger partial charge in [0.15, 0.2) is 0 Å². The first kappa shape index (κ1) is 11.8. The van der Waals surface area contributed by atoms with Crippen LogP contribution in [0.25, 0.3) is 0 Å². The van der Waals surface area contributed by atoms with Gasteiger partial charge in [-0.3, -0.25) is 11.3 Å². The molecule has 0 spiro atoms. The molecule has 16 heavy (non-hydrogen) atoms. The van der Waals surface area contributed by atoms with Gasteiger partial charge in [0, 0.05) is 10.6 Å². The molecule has 88 valence electrons. The summed E-state index contributed by atoms with van der Waals surface area (Å²) in [6.45, 7) is 2.11. The van der Waals surface area contributed by atoms with Crippen molar-refractivity contribution in [1.82, 2.24) is 5.43 Å². The van der Waals surface area contributed by atoms with E-state index in [1.54, 1.807) is 12.1 Å². The van der Waals surface area contributed by atoms with Crippen molar-refractivity contribution in [3.05, 3.63) is 34.6 Å². The Kier molecular flexibility index (Phi) is 3.47. The van der Waals surface area contributed by atoms with Crippen molar-refractivity contribution in [2.45, 2.75) is 25.8 Å². The van der Waals surface area contributed by atoms with Crippen molar-refractivity contribution in [1.29, 1.82) is 0 Å². The molecule has 2 atom stereocenters. The molecule has 1 fully saturated rings. The van der Waals surface area contributed by atoms with E-state index in [0.717, 1.165) is 0 Å². The molecule has 0 heterocycles. The van der Waals surface area contributed by atoms with Gasteiger partial charge in [-0.25, -0.2) is 4.39 Å². The molecule has 0 radical (unpaired) electrons. The third kappa shape index (κ3) is 2.37. The number of benzene rings is 1. The lowest BCUT2D eigenvalue weighted by atomic mass is 9.91. The zero-order chi connectivity index (χ0) is 11.7. The largest absolute Gasteiger partial charge is 0.271 e. The normalized spacial score (nSPS) is 19.5. The summed E-state index contributed by atoms with van der Waals surface area (Å²) in [7, 11) is 0. The first-order chi connectivity index (χ1) is 7.63. The smallest absolute Gasteiger partial charge is 0.129 e. The molecule has 3 N–H and O–H groups in total. The number of nitrogens with two attached hydrogens (primary N) is 1. The van der Waals surface area contributed by atoms with Crippen molar-refractivity contribution in [3.8, 4) is 0 Å². The highest BCUT2D eigenvalue weighted by atomic mass is 35.5. The van der Waals surface area contributed by atoms with E-state index in [2.05, 4.69) is 12.3 Å². The Morgan fingerprint density at radius 1 is 1.50 bits per heavy atom. The van der Waals surface area contributed by atoms with Crippen molar-refractivity contribution < 1.29 is 4.39 Å². The van der Waals surface area contributed by atoms with Gasteiger partial charge in [-0.1, -0.05) is 24.6 Å². The van der Waals surface area contributed by atoms with Crippen LogP contribution >= 0.6 is 11.6 Å². The minimum atomic E-state index is -0.289. The monoisotopic (exact) mass is 242 g/mol. The van der Waals surface area contributed by atoms with E-state index in [9.17, 15) is 4.39 Å². The molecule has 4 heteroatoms. The van der Waals surface area contributed by atoms with Gasteiger partial charge in [-0.2, -0.15) is 0 Å². The molecule has 0 bridgehead atoms. The molecule has 1 saturated carbocycles. The molecule has 0 aliphatic heterocycles. The summed E-state index contributed by atoms with van der Waals surface area (Å²) in [6.07, 6.45) is 2.43. The molecule has 1 aliphatic rings. The molecule has 2 rings (SSSR count). The SMILES string of the molecule is CC(C1CC1)C(NN)c1ccc(Cl)cc1F. The van der Waals surface area contributed by atoms with Gasteiger partial charge in [-0.05, 0) is 36.8 Å². The van der Waals surface area contributed by atoms with E-state index in [4.69, 9.17) is 17.4 Å². The van der Waals surface area contributed by atoms with E-state index in [1.807, 2.05) is 0 Å². The maximum Gasteiger partial charge on any atom is 0.129 e. The molecule has 1 aromatic rings. The fourth-order valence-electron chi connectivity index (χ4n) is 2.17. The van der Waals surface area contributed by atoms with Crippen molar-refractivity contribution in [2.75, 3.05) is 0 Å². The second-order valence-corrected chi connectivity index (χ2v) is 4.94. The van der Waals surface area contributed by atoms with Gasteiger partial charge in [0.1, 0.15) is 5.82 Å². The van der Waals surface area contributed by atoms with E-state index in [1.165, 1.54) is 18.9 Å². The molecule has 0 aromatic heterocycles. The van der Waals surface area contributed by atoms with Gasteiger partial charge in [0.25, 0.3) is 0 Å². The van der Waals surface area contributed by atoms with Crippen LogP contribution in [0.5, 0.6) is 0 Å². The van der Waals surface area contributed by atoms with Crippen LogP contribution in [0.2, 0.25) is 5.02 Å². The summed E-state index contributed by atoms with van der Waals surface area (Å²) in [6, 6.07) is 4.61. The second-order valence-electron chi connectivity index (χ2n) is 4.51.